The fourth-order valence-corrected chi connectivity index (χ4v) is 2.69. The molecule has 3 nitrogen and oxygen atoms in total. The Hall–Kier alpha value is -0.120. The Labute approximate surface area is 106 Å². The first-order valence-corrected chi connectivity index (χ1v) is 7.19. The monoisotopic (exact) mass is 242 g/mol. The standard InChI is InChI=1S/C14H30N2O/c1-3-5-13-6-10-16(11-7-13)9-4-8-14(2,15)12-17/h13,17H,3-12,15H2,1-2H3. The van der Waals surface area contributed by atoms with E-state index < -0.39 is 0 Å². The van der Waals surface area contributed by atoms with E-state index in [0.29, 0.717) is 0 Å². The summed E-state index contributed by atoms with van der Waals surface area (Å²) in [7, 11) is 0. The summed E-state index contributed by atoms with van der Waals surface area (Å²) < 4.78 is 0. The van der Waals surface area contributed by atoms with Crippen LogP contribution in [-0.4, -0.2) is 41.8 Å². The summed E-state index contributed by atoms with van der Waals surface area (Å²) in [6.07, 6.45) is 7.48. The first-order valence-electron chi connectivity index (χ1n) is 7.19. The molecule has 1 atom stereocenters. The van der Waals surface area contributed by atoms with Crippen molar-refractivity contribution in [2.75, 3.05) is 26.2 Å². The van der Waals surface area contributed by atoms with Crippen LogP contribution in [0.1, 0.15) is 52.4 Å². The molecule has 3 heteroatoms. The normalized spacial score (nSPS) is 22.6. The third-order valence-corrected chi connectivity index (χ3v) is 3.99. The van der Waals surface area contributed by atoms with Gasteiger partial charge in [0, 0.05) is 5.54 Å². The predicted octanol–water partition coefficient (Wildman–Crippen LogP) is 1.99. The minimum Gasteiger partial charge on any atom is -0.394 e. The van der Waals surface area contributed by atoms with Crippen LogP contribution in [0, 0.1) is 5.92 Å². The quantitative estimate of drug-likeness (QED) is 0.718. The van der Waals surface area contributed by atoms with Crippen molar-refractivity contribution in [1.82, 2.24) is 4.90 Å². The van der Waals surface area contributed by atoms with E-state index in [1.165, 1.54) is 38.8 Å². The molecule has 0 radical (unpaired) electrons. The van der Waals surface area contributed by atoms with Crippen molar-refractivity contribution in [2.24, 2.45) is 11.7 Å². The second kappa shape index (κ2) is 7.34. The summed E-state index contributed by atoms with van der Waals surface area (Å²) in [5.41, 5.74) is 5.54. The zero-order chi connectivity index (χ0) is 12.7. The molecule has 0 aromatic carbocycles. The molecular weight excluding hydrogens is 212 g/mol. The van der Waals surface area contributed by atoms with Crippen molar-refractivity contribution < 1.29 is 5.11 Å². The Morgan fingerprint density at radius 3 is 2.53 bits per heavy atom. The molecule has 1 rings (SSSR count). The highest BCUT2D eigenvalue weighted by molar-refractivity contribution is 4.78. The van der Waals surface area contributed by atoms with Crippen LogP contribution in [-0.2, 0) is 0 Å². The number of aliphatic hydroxyl groups excluding tert-OH is 1. The van der Waals surface area contributed by atoms with Crippen molar-refractivity contribution in [3.8, 4) is 0 Å². The van der Waals surface area contributed by atoms with E-state index in [-0.39, 0.29) is 12.1 Å². The number of hydrogen-bond donors (Lipinski definition) is 2. The molecule has 3 N–H and O–H groups in total. The van der Waals surface area contributed by atoms with Gasteiger partial charge in [0.2, 0.25) is 0 Å². The van der Waals surface area contributed by atoms with Crippen LogP contribution in [0.25, 0.3) is 0 Å². The SMILES string of the molecule is CCCC1CCN(CCCC(C)(N)CO)CC1. The maximum absolute atomic E-state index is 9.09. The second-order valence-electron chi connectivity index (χ2n) is 5.99. The molecule has 0 aromatic heterocycles. The number of likely N-dealkylation sites (tertiary alicyclic amines) is 1. The zero-order valence-corrected chi connectivity index (χ0v) is 11.6. The molecule has 0 aromatic rings. The lowest BCUT2D eigenvalue weighted by atomic mass is 9.92. The maximum atomic E-state index is 9.09. The van der Waals surface area contributed by atoms with Gasteiger partial charge in [0.15, 0.2) is 0 Å². The average Bonchev–Trinajstić information content (AvgIpc) is 2.32. The molecular formula is C14H30N2O. The number of piperidine rings is 1. The van der Waals surface area contributed by atoms with Crippen molar-refractivity contribution in [2.45, 2.75) is 57.9 Å². The molecule has 1 aliphatic rings. The number of nitrogens with zero attached hydrogens (tertiary/aromatic N) is 1. The molecule has 1 heterocycles. The van der Waals surface area contributed by atoms with Crippen LogP contribution >= 0.6 is 0 Å². The third-order valence-electron chi connectivity index (χ3n) is 3.99. The summed E-state index contributed by atoms with van der Waals surface area (Å²) in [5.74, 6) is 0.966. The molecule has 1 unspecified atom stereocenters. The molecule has 0 bridgehead atoms. The van der Waals surface area contributed by atoms with Crippen LogP contribution in [0.4, 0.5) is 0 Å². The van der Waals surface area contributed by atoms with Gasteiger partial charge in [-0.05, 0) is 58.2 Å². The van der Waals surface area contributed by atoms with E-state index >= 15 is 0 Å². The molecule has 1 fully saturated rings. The van der Waals surface area contributed by atoms with Crippen molar-refractivity contribution in [3.05, 3.63) is 0 Å². The first kappa shape index (κ1) is 14.9. The molecule has 0 spiro atoms. The van der Waals surface area contributed by atoms with E-state index in [1.54, 1.807) is 0 Å². The lowest BCUT2D eigenvalue weighted by molar-refractivity contribution is 0.160. The molecule has 0 amide bonds. The van der Waals surface area contributed by atoms with Crippen LogP contribution in [0.3, 0.4) is 0 Å². The molecule has 17 heavy (non-hydrogen) atoms. The number of rotatable bonds is 7. The van der Waals surface area contributed by atoms with Gasteiger partial charge in [-0.2, -0.15) is 0 Å². The lowest BCUT2D eigenvalue weighted by Gasteiger charge is -2.32. The van der Waals surface area contributed by atoms with Gasteiger partial charge in [0.25, 0.3) is 0 Å². The van der Waals surface area contributed by atoms with E-state index in [2.05, 4.69) is 11.8 Å². The Kier molecular flexibility index (Phi) is 6.45. The molecule has 1 saturated heterocycles. The fraction of sp³-hybridized carbons (Fsp3) is 1.00. The largest absolute Gasteiger partial charge is 0.394 e. The smallest absolute Gasteiger partial charge is 0.0608 e. The van der Waals surface area contributed by atoms with E-state index in [1.807, 2.05) is 6.92 Å². The molecule has 102 valence electrons. The Balaban J connectivity index is 2.10. The number of hydrogen-bond acceptors (Lipinski definition) is 3. The van der Waals surface area contributed by atoms with Crippen LogP contribution in [0.2, 0.25) is 0 Å². The number of nitrogens with two attached hydrogens (primary N) is 1. The summed E-state index contributed by atoms with van der Waals surface area (Å²) in [6.45, 7) is 7.96. The van der Waals surface area contributed by atoms with E-state index in [9.17, 15) is 0 Å². The molecule has 1 aliphatic heterocycles. The highest BCUT2D eigenvalue weighted by atomic mass is 16.3. The van der Waals surface area contributed by atoms with Gasteiger partial charge in [0.05, 0.1) is 6.61 Å². The third kappa shape index (κ3) is 5.84. The average molecular weight is 242 g/mol. The van der Waals surface area contributed by atoms with Crippen LogP contribution in [0.5, 0.6) is 0 Å². The Morgan fingerprint density at radius 1 is 1.35 bits per heavy atom. The van der Waals surface area contributed by atoms with Gasteiger partial charge in [-0.1, -0.05) is 19.8 Å². The van der Waals surface area contributed by atoms with Crippen LogP contribution < -0.4 is 5.73 Å². The molecule has 0 aliphatic carbocycles. The lowest BCUT2D eigenvalue weighted by Crippen LogP contribution is -2.41. The van der Waals surface area contributed by atoms with Gasteiger partial charge < -0.3 is 15.7 Å². The zero-order valence-electron chi connectivity index (χ0n) is 11.6. The van der Waals surface area contributed by atoms with Gasteiger partial charge in [-0.3, -0.25) is 0 Å². The summed E-state index contributed by atoms with van der Waals surface area (Å²) in [5, 5.41) is 9.09. The van der Waals surface area contributed by atoms with E-state index in [0.717, 1.165) is 25.3 Å². The molecule has 0 saturated carbocycles. The van der Waals surface area contributed by atoms with Crippen molar-refractivity contribution >= 4 is 0 Å². The fourth-order valence-electron chi connectivity index (χ4n) is 2.69. The van der Waals surface area contributed by atoms with Gasteiger partial charge in [-0.25, -0.2) is 0 Å². The van der Waals surface area contributed by atoms with E-state index in [4.69, 9.17) is 10.8 Å². The summed E-state index contributed by atoms with van der Waals surface area (Å²) in [4.78, 5) is 2.56. The highest BCUT2D eigenvalue weighted by Crippen LogP contribution is 2.22. The summed E-state index contributed by atoms with van der Waals surface area (Å²) in [6, 6.07) is 0. The summed E-state index contributed by atoms with van der Waals surface area (Å²) >= 11 is 0. The Morgan fingerprint density at radius 2 is 2.00 bits per heavy atom. The number of aliphatic hydroxyl groups is 1. The highest BCUT2D eigenvalue weighted by Gasteiger charge is 2.20. The maximum Gasteiger partial charge on any atom is 0.0608 e. The van der Waals surface area contributed by atoms with Gasteiger partial charge in [0.1, 0.15) is 0 Å². The second-order valence-corrected chi connectivity index (χ2v) is 5.99. The van der Waals surface area contributed by atoms with Gasteiger partial charge >= 0.3 is 0 Å². The van der Waals surface area contributed by atoms with Crippen molar-refractivity contribution in [1.29, 1.82) is 0 Å². The van der Waals surface area contributed by atoms with Crippen LogP contribution in [0.15, 0.2) is 0 Å². The minimum absolute atomic E-state index is 0.0889. The predicted molar refractivity (Wildman–Crippen MR) is 73.0 cm³/mol. The first-order chi connectivity index (χ1) is 8.07. The minimum atomic E-state index is -0.388. The van der Waals surface area contributed by atoms with Crippen molar-refractivity contribution in [3.63, 3.8) is 0 Å². The Bertz CT molecular complexity index is 198. The van der Waals surface area contributed by atoms with Gasteiger partial charge in [-0.15, -0.1) is 0 Å². The topological polar surface area (TPSA) is 49.5 Å².